The van der Waals surface area contributed by atoms with Crippen LogP contribution in [0.25, 0.3) is 0 Å². The highest BCUT2D eigenvalue weighted by Crippen LogP contribution is 2.01. The minimum absolute atomic E-state index is 0.0111. The summed E-state index contributed by atoms with van der Waals surface area (Å²) in [7, 11) is 0. The first kappa shape index (κ1) is 10.8. The molecule has 5 nitrogen and oxygen atoms in total. The van der Waals surface area contributed by atoms with Gasteiger partial charge in [0.15, 0.2) is 5.78 Å². The van der Waals surface area contributed by atoms with Crippen molar-refractivity contribution >= 4 is 5.78 Å². The summed E-state index contributed by atoms with van der Waals surface area (Å²) >= 11 is 0. The molecular weight excluding hydrogens is 180 g/mol. The number of rotatable bonds is 5. The monoisotopic (exact) mass is 196 g/mol. The molecule has 0 atom stereocenters. The lowest BCUT2D eigenvalue weighted by Gasteiger charge is -2.07. The van der Waals surface area contributed by atoms with Crippen molar-refractivity contribution in [1.82, 2.24) is 14.8 Å². The van der Waals surface area contributed by atoms with Crippen molar-refractivity contribution in [3.05, 3.63) is 12.2 Å². The number of carbonyl (C=O) groups excluding carboxylic acids is 1. The Bertz CT molecular complexity index is 306. The maximum absolute atomic E-state index is 11.1. The highest BCUT2D eigenvalue weighted by atomic mass is 16.1. The Hall–Kier alpha value is -1.23. The third-order valence-corrected chi connectivity index (χ3v) is 1.82. The Morgan fingerprint density at radius 2 is 2.36 bits per heavy atom. The fraction of sp³-hybridized carbons (Fsp3) is 0.667. The summed E-state index contributed by atoms with van der Waals surface area (Å²) in [5.74, 6) is 1.18. The molecule has 0 radical (unpaired) electrons. The zero-order valence-corrected chi connectivity index (χ0v) is 8.60. The van der Waals surface area contributed by atoms with Gasteiger partial charge in [-0.2, -0.15) is 5.10 Å². The van der Waals surface area contributed by atoms with Crippen LogP contribution in [0.2, 0.25) is 0 Å². The standard InChI is InChI=1S/C9H16N4O/c1-7(2)5-13-9(11-6-12-13)3-8(14)4-10/h6-7H,3-5,10H2,1-2H3. The van der Waals surface area contributed by atoms with E-state index in [0.29, 0.717) is 11.7 Å². The summed E-state index contributed by atoms with van der Waals surface area (Å²) < 4.78 is 1.76. The summed E-state index contributed by atoms with van der Waals surface area (Å²) in [6.45, 7) is 5.04. The first-order chi connectivity index (χ1) is 6.63. The van der Waals surface area contributed by atoms with Gasteiger partial charge in [0.25, 0.3) is 0 Å². The molecule has 5 heteroatoms. The largest absolute Gasteiger partial charge is 0.324 e. The number of hydrogen-bond donors (Lipinski definition) is 1. The van der Waals surface area contributed by atoms with Crippen molar-refractivity contribution in [3.63, 3.8) is 0 Å². The first-order valence-electron chi connectivity index (χ1n) is 4.72. The molecule has 1 aromatic rings. The Morgan fingerprint density at radius 3 is 2.93 bits per heavy atom. The maximum atomic E-state index is 11.1. The van der Waals surface area contributed by atoms with Crippen molar-refractivity contribution in [1.29, 1.82) is 0 Å². The minimum Gasteiger partial charge on any atom is -0.324 e. The second-order valence-corrected chi connectivity index (χ2v) is 3.67. The SMILES string of the molecule is CC(C)Cn1ncnc1CC(=O)CN. The number of ketones is 1. The Labute approximate surface area is 83.3 Å². The smallest absolute Gasteiger partial charge is 0.153 e. The van der Waals surface area contributed by atoms with Gasteiger partial charge in [-0.05, 0) is 5.92 Å². The predicted octanol–water partition coefficient (Wildman–Crippen LogP) is 0.00440. The topological polar surface area (TPSA) is 73.8 Å². The van der Waals surface area contributed by atoms with E-state index in [-0.39, 0.29) is 18.7 Å². The zero-order chi connectivity index (χ0) is 10.6. The van der Waals surface area contributed by atoms with Crippen LogP contribution in [-0.4, -0.2) is 27.1 Å². The quantitative estimate of drug-likeness (QED) is 0.719. The fourth-order valence-corrected chi connectivity index (χ4v) is 1.17. The highest BCUT2D eigenvalue weighted by molar-refractivity contribution is 5.81. The predicted molar refractivity (Wildman–Crippen MR) is 52.6 cm³/mol. The molecule has 0 spiro atoms. The van der Waals surface area contributed by atoms with Crippen LogP contribution >= 0.6 is 0 Å². The summed E-state index contributed by atoms with van der Waals surface area (Å²) in [6, 6.07) is 0. The van der Waals surface area contributed by atoms with Crippen molar-refractivity contribution in [2.75, 3.05) is 6.54 Å². The number of hydrogen-bond acceptors (Lipinski definition) is 4. The molecule has 0 saturated heterocycles. The first-order valence-corrected chi connectivity index (χ1v) is 4.72. The van der Waals surface area contributed by atoms with E-state index in [4.69, 9.17) is 5.73 Å². The zero-order valence-electron chi connectivity index (χ0n) is 8.60. The molecule has 0 aliphatic rings. The van der Waals surface area contributed by atoms with Gasteiger partial charge in [-0.15, -0.1) is 0 Å². The molecule has 0 fully saturated rings. The fourth-order valence-electron chi connectivity index (χ4n) is 1.17. The second-order valence-electron chi connectivity index (χ2n) is 3.67. The molecule has 2 N–H and O–H groups in total. The molecule has 0 aromatic carbocycles. The van der Waals surface area contributed by atoms with Crippen LogP contribution in [0.3, 0.4) is 0 Å². The van der Waals surface area contributed by atoms with Crippen LogP contribution in [0, 0.1) is 5.92 Å². The van der Waals surface area contributed by atoms with Gasteiger partial charge in [-0.1, -0.05) is 13.8 Å². The molecule has 0 saturated carbocycles. The van der Waals surface area contributed by atoms with Crippen LogP contribution in [-0.2, 0) is 17.8 Å². The Morgan fingerprint density at radius 1 is 1.64 bits per heavy atom. The van der Waals surface area contributed by atoms with Crippen LogP contribution in [0.5, 0.6) is 0 Å². The average Bonchev–Trinajstić information content (AvgIpc) is 2.52. The maximum Gasteiger partial charge on any atom is 0.153 e. The molecule has 1 heterocycles. The van der Waals surface area contributed by atoms with Crippen LogP contribution in [0.4, 0.5) is 0 Å². The van der Waals surface area contributed by atoms with E-state index in [0.717, 1.165) is 6.54 Å². The van der Waals surface area contributed by atoms with Gasteiger partial charge < -0.3 is 5.73 Å². The molecule has 78 valence electrons. The molecule has 14 heavy (non-hydrogen) atoms. The third kappa shape index (κ3) is 2.92. The lowest BCUT2D eigenvalue weighted by Crippen LogP contribution is -2.19. The summed E-state index contributed by atoms with van der Waals surface area (Å²) in [6.07, 6.45) is 1.75. The van der Waals surface area contributed by atoms with E-state index in [1.165, 1.54) is 6.33 Å². The lowest BCUT2D eigenvalue weighted by atomic mass is 10.2. The normalized spacial score (nSPS) is 10.9. The van der Waals surface area contributed by atoms with E-state index in [1.54, 1.807) is 4.68 Å². The Kier molecular flexibility index (Phi) is 3.76. The molecule has 1 rings (SSSR count). The molecule has 0 aliphatic heterocycles. The number of Topliss-reactive ketones (excluding diaryl/α,β-unsaturated/α-hetero) is 1. The minimum atomic E-state index is -0.0111. The second kappa shape index (κ2) is 4.85. The average molecular weight is 196 g/mol. The van der Waals surface area contributed by atoms with Crippen LogP contribution in [0.1, 0.15) is 19.7 Å². The molecule has 0 bridgehead atoms. The van der Waals surface area contributed by atoms with Gasteiger partial charge in [0, 0.05) is 6.54 Å². The Balaban J connectivity index is 2.67. The molecule has 1 aromatic heterocycles. The van der Waals surface area contributed by atoms with E-state index in [2.05, 4.69) is 23.9 Å². The van der Waals surface area contributed by atoms with Crippen LogP contribution in [0.15, 0.2) is 6.33 Å². The third-order valence-electron chi connectivity index (χ3n) is 1.82. The van der Waals surface area contributed by atoms with Gasteiger partial charge in [-0.3, -0.25) is 4.79 Å². The summed E-state index contributed by atoms with van der Waals surface area (Å²) in [5, 5.41) is 4.06. The van der Waals surface area contributed by atoms with Crippen molar-refractivity contribution < 1.29 is 4.79 Å². The van der Waals surface area contributed by atoms with Gasteiger partial charge >= 0.3 is 0 Å². The van der Waals surface area contributed by atoms with Gasteiger partial charge in [-0.25, -0.2) is 9.67 Å². The molecule has 0 amide bonds. The number of nitrogens with zero attached hydrogens (tertiary/aromatic N) is 3. The van der Waals surface area contributed by atoms with E-state index in [1.807, 2.05) is 0 Å². The number of carbonyl (C=O) groups is 1. The number of nitrogens with two attached hydrogens (primary N) is 1. The van der Waals surface area contributed by atoms with Crippen molar-refractivity contribution in [3.8, 4) is 0 Å². The van der Waals surface area contributed by atoms with Gasteiger partial charge in [0.2, 0.25) is 0 Å². The van der Waals surface area contributed by atoms with E-state index < -0.39 is 0 Å². The highest BCUT2D eigenvalue weighted by Gasteiger charge is 2.09. The summed E-state index contributed by atoms with van der Waals surface area (Å²) in [4.78, 5) is 15.1. The molecular formula is C9H16N4O. The van der Waals surface area contributed by atoms with Gasteiger partial charge in [0.1, 0.15) is 12.2 Å². The van der Waals surface area contributed by atoms with E-state index >= 15 is 0 Å². The van der Waals surface area contributed by atoms with Crippen LogP contribution < -0.4 is 5.73 Å². The van der Waals surface area contributed by atoms with E-state index in [9.17, 15) is 4.79 Å². The molecule has 0 unspecified atom stereocenters. The lowest BCUT2D eigenvalue weighted by molar-refractivity contribution is -0.117. The van der Waals surface area contributed by atoms with Gasteiger partial charge in [0.05, 0.1) is 13.0 Å². The number of aromatic nitrogens is 3. The van der Waals surface area contributed by atoms with Crippen molar-refractivity contribution in [2.24, 2.45) is 11.7 Å². The van der Waals surface area contributed by atoms with Crippen molar-refractivity contribution in [2.45, 2.75) is 26.8 Å². The molecule has 0 aliphatic carbocycles. The summed E-state index contributed by atoms with van der Waals surface area (Å²) in [5.41, 5.74) is 5.23.